The van der Waals surface area contributed by atoms with E-state index in [1.807, 2.05) is 48.5 Å². The third kappa shape index (κ3) is 5.82. The summed E-state index contributed by atoms with van der Waals surface area (Å²) in [5, 5.41) is 3.78. The van der Waals surface area contributed by atoms with Crippen LogP contribution in [0, 0.1) is 0 Å². The molecule has 0 aromatic heterocycles. The highest BCUT2D eigenvalue weighted by Gasteiger charge is 2.11. The monoisotopic (exact) mass is 393 g/mol. The fourth-order valence-corrected chi connectivity index (χ4v) is 3.21. The molecule has 1 amide bonds. The molecular weight excluding hydrogens is 374 g/mol. The minimum Gasteiger partial charge on any atom is -0.379 e. The fraction of sp³-hybridized carbons (Fsp3) is 0.0455. The normalized spacial score (nSPS) is 11.3. The summed E-state index contributed by atoms with van der Waals surface area (Å²) in [6, 6.07) is 24.6. The van der Waals surface area contributed by atoms with Crippen LogP contribution < -0.4 is 9.50 Å². The van der Waals surface area contributed by atoms with Crippen LogP contribution in [-0.4, -0.2) is 14.3 Å². The van der Waals surface area contributed by atoms with Crippen molar-refractivity contribution in [1.29, 1.82) is 0 Å². The van der Waals surface area contributed by atoms with Crippen LogP contribution in [-0.2, 0) is 16.7 Å². The zero-order valence-electron chi connectivity index (χ0n) is 15.0. The lowest BCUT2D eigenvalue weighted by molar-refractivity contribution is 0.0950. The Kier molecular flexibility index (Phi) is 6.24. The van der Waals surface area contributed by atoms with Gasteiger partial charge in [0.05, 0.1) is 5.41 Å². The Morgan fingerprint density at radius 1 is 0.893 bits per heavy atom. The molecule has 3 aromatic rings. The van der Waals surface area contributed by atoms with E-state index in [4.69, 9.17) is 4.18 Å². The average Bonchev–Trinajstić information content (AvgIpc) is 2.72. The lowest BCUT2D eigenvalue weighted by atomic mass is 10.2. The van der Waals surface area contributed by atoms with Crippen molar-refractivity contribution in [2.24, 2.45) is 0 Å². The molecule has 0 heterocycles. The maximum atomic E-state index is 12.3. The molecule has 0 aliphatic rings. The number of rotatable bonds is 7. The van der Waals surface area contributed by atoms with Crippen molar-refractivity contribution in [1.82, 2.24) is 5.32 Å². The van der Waals surface area contributed by atoms with E-state index in [1.165, 1.54) is 18.2 Å². The second-order valence-electron chi connectivity index (χ2n) is 5.99. The topological polar surface area (TPSA) is 72.5 Å². The van der Waals surface area contributed by atoms with Crippen LogP contribution in [0.15, 0.2) is 90.3 Å². The third-order valence-electron chi connectivity index (χ3n) is 3.83. The average molecular weight is 393 g/mol. The molecule has 28 heavy (non-hydrogen) atoms. The number of amides is 1. The van der Waals surface area contributed by atoms with Gasteiger partial charge in [-0.15, -0.1) is 0 Å². The maximum Gasteiger partial charge on any atom is 0.332 e. The van der Waals surface area contributed by atoms with E-state index >= 15 is 0 Å². The molecule has 1 N–H and O–H groups in total. The standard InChI is InChI=1S/C22H19NO4S/c24-22(23-17-19-10-5-2-6-11-19)20-12-7-13-21(16-20)27-28(25,26)15-14-18-8-3-1-4-9-18/h1-16H,17H2,(H,23,24)/b15-14+. The summed E-state index contributed by atoms with van der Waals surface area (Å²) < 4.78 is 29.4. The van der Waals surface area contributed by atoms with Crippen molar-refractivity contribution in [3.05, 3.63) is 107 Å². The van der Waals surface area contributed by atoms with Crippen LogP contribution in [0.1, 0.15) is 21.5 Å². The molecule has 0 fully saturated rings. The van der Waals surface area contributed by atoms with Crippen molar-refractivity contribution in [2.75, 3.05) is 0 Å². The van der Waals surface area contributed by atoms with E-state index < -0.39 is 10.1 Å². The fourth-order valence-electron chi connectivity index (χ4n) is 2.46. The van der Waals surface area contributed by atoms with Gasteiger partial charge in [-0.1, -0.05) is 66.7 Å². The Balaban J connectivity index is 1.65. The van der Waals surface area contributed by atoms with Gasteiger partial charge in [-0.3, -0.25) is 4.79 Å². The van der Waals surface area contributed by atoms with Gasteiger partial charge in [0.25, 0.3) is 5.91 Å². The summed E-state index contributed by atoms with van der Waals surface area (Å²) in [4.78, 5) is 12.3. The van der Waals surface area contributed by atoms with E-state index in [0.717, 1.165) is 16.5 Å². The molecule has 3 aromatic carbocycles. The minimum atomic E-state index is -3.94. The molecular formula is C22H19NO4S. The number of hydrogen-bond donors (Lipinski definition) is 1. The van der Waals surface area contributed by atoms with Gasteiger partial charge >= 0.3 is 10.1 Å². The number of nitrogens with one attached hydrogen (secondary N) is 1. The summed E-state index contributed by atoms with van der Waals surface area (Å²) in [6.07, 6.45) is 1.45. The van der Waals surface area contributed by atoms with E-state index in [-0.39, 0.29) is 11.7 Å². The number of carbonyl (C=O) groups excluding carboxylic acids is 1. The minimum absolute atomic E-state index is 0.0741. The van der Waals surface area contributed by atoms with Crippen LogP contribution in [0.3, 0.4) is 0 Å². The van der Waals surface area contributed by atoms with E-state index in [0.29, 0.717) is 12.1 Å². The van der Waals surface area contributed by atoms with Crippen molar-refractivity contribution in [2.45, 2.75) is 6.54 Å². The second kappa shape index (κ2) is 9.01. The van der Waals surface area contributed by atoms with Crippen LogP contribution in [0.25, 0.3) is 6.08 Å². The first-order chi connectivity index (χ1) is 13.5. The van der Waals surface area contributed by atoms with Gasteiger partial charge in [0.2, 0.25) is 0 Å². The summed E-state index contributed by atoms with van der Waals surface area (Å²) in [7, 11) is -3.94. The van der Waals surface area contributed by atoms with Gasteiger partial charge in [-0.05, 0) is 35.4 Å². The highest BCUT2D eigenvalue weighted by atomic mass is 32.2. The van der Waals surface area contributed by atoms with Crippen molar-refractivity contribution >= 4 is 22.1 Å². The maximum absolute atomic E-state index is 12.3. The van der Waals surface area contributed by atoms with Gasteiger partial charge < -0.3 is 9.50 Å². The van der Waals surface area contributed by atoms with Gasteiger partial charge in [0, 0.05) is 12.1 Å². The zero-order valence-corrected chi connectivity index (χ0v) is 15.8. The molecule has 5 nitrogen and oxygen atoms in total. The van der Waals surface area contributed by atoms with Gasteiger partial charge in [-0.25, -0.2) is 0 Å². The Morgan fingerprint density at radius 2 is 1.57 bits per heavy atom. The number of benzene rings is 3. The largest absolute Gasteiger partial charge is 0.379 e. The first-order valence-corrected chi connectivity index (χ1v) is 10.1. The van der Waals surface area contributed by atoms with Crippen LogP contribution in [0.4, 0.5) is 0 Å². The first-order valence-electron chi connectivity index (χ1n) is 8.62. The second-order valence-corrected chi connectivity index (χ2v) is 7.41. The molecule has 142 valence electrons. The predicted molar refractivity (Wildman–Crippen MR) is 109 cm³/mol. The van der Waals surface area contributed by atoms with Gasteiger partial charge in [-0.2, -0.15) is 8.42 Å². The highest BCUT2D eigenvalue weighted by Crippen LogP contribution is 2.17. The SMILES string of the molecule is O=C(NCc1ccccc1)c1cccc(OS(=O)(=O)/C=C/c2ccccc2)c1. The van der Waals surface area contributed by atoms with E-state index in [1.54, 1.807) is 24.3 Å². The summed E-state index contributed by atoms with van der Waals surface area (Å²) in [5.74, 6) is -0.239. The Labute approximate surface area is 164 Å². The van der Waals surface area contributed by atoms with Crippen LogP contribution in [0.2, 0.25) is 0 Å². The van der Waals surface area contributed by atoms with Gasteiger partial charge in [0.1, 0.15) is 5.75 Å². The lowest BCUT2D eigenvalue weighted by Crippen LogP contribution is -2.22. The smallest absolute Gasteiger partial charge is 0.332 e. The van der Waals surface area contributed by atoms with Crippen molar-refractivity contribution in [3.8, 4) is 5.75 Å². The first kappa shape index (κ1) is 19.4. The van der Waals surface area contributed by atoms with Crippen molar-refractivity contribution in [3.63, 3.8) is 0 Å². The molecule has 6 heteroatoms. The molecule has 0 aliphatic carbocycles. The molecule has 0 aliphatic heterocycles. The van der Waals surface area contributed by atoms with Crippen LogP contribution in [0.5, 0.6) is 5.75 Å². The number of hydrogen-bond acceptors (Lipinski definition) is 4. The number of carbonyl (C=O) groups is 1. The molecule has 0 unspecified atom stereocenters. The summed E-state index contributed by atoms with van der Waals surface area (Å²) >= 11 is 0. The Morgan fingerprint density at radius 3 is 2.29 bits per heavy atom. The van der Waals surface area contributed by atoms with Crippen molar-refractivity contribution < 1.29 is 17.4 Å². The Bertz CT molecular complexity index is 1060. The molecule has 0 radical (unpaired) electrons. The molecule has 3 rings (SSSR count). The molecule has 0 saturated heterocycles. The summed E-state index contributed by atoms with van der Waals surface area (Å²) in [5.41, 5.74) is 2.02. The molecule has 0 spiro atoms. The lowest BCUT2D eigenvalue weighted by Gasteiger charge is -2.08. The van der Waals surface area contributed by atoms with Gasteiger partial charge in [0.15, 0.2) is 0 Å². The predicted octanol–water partition coefficient (Wildman–Crippen LogP) is 4.00. The quantitative estimate of drug-likeness (QED) is 0.616. The van der Waals surface area contributed by atoms with Crippen LogP contribution >= 0.6 is 0 Å². The highest BCUT2D eigenvalue weighted by molar-refractivity contribution is 7.90. The molecule has 0 atom stereocenters. The summed E-state index contributed by atoms with van der Waals surface area (Å²) in [6.45, 7) is 0.378. The van der Waals surface area contributed by atoms with E-state index in [9.17, 15) is 13.2 Å². The molecule has 0 saturated carbocycles. The van der Waals surface area contributed by atoms with E-state index in [2.05, 4.69) is 5.32 Å². The Hall–Kier alpha value is -3.38. The zero-order chi connectivity index (χ0) is 19.8. The third-order valence-corrected chi connectivity index (χ3v) is 4.73. The molecule has 0 bridgehead atoms.